The quantitative estimate of drug-likeness (QED) is 0.733. The van der Waals surface area contributed by atoms with Gasteiger partial charge < -0.3 is 10.2 Å². The van der Waals surface area contributed by atoms with Crippen LogP contribution in [0.1, 0.15) is 16.1 Å². The van der Waals surface area contributed by atoms with Crippen LogP contribution >= 0.6 is 0 Å². The van der Waals surface area contributed by atoms with Crippen molar-refractivity contribution in [3.8, 4) is 11.5 Å². The van der Waals surface area contributed by atoms with E-state index in [1.54, 1.807) is 30.7 Å². The molecule has 0 fully saturated rings. The normalized spacial score (nSPS) is 10.4. The Hall–Kier alpha value is -3.35. The van der Waals surface area contributed by atoms with Crippen LogP contribution in [0, 0.1) is 0 Å². The van der Waals surface area contributed by atoms with Gasteiger partial charge >= 0.3 is 0 Å². The molecule has 0 aromatic carbocycles. The molecular formula is C19H20N6O. The fourth-order valence-electron chi connectivity index (χ4n) is 2.36. The van der Waals surface area contributed by atoms with Gasteiger partial charge in [-0.1, -0.05) is 6.07 Å². The van der Waals surface area contributed by atoms with E-state index in [1.807, 2.05) is 43.3 Å². The van der Waals surface area contributed by atoms with Crippen LogP contribution in [-0.4, -0.2) is 46.5 Å². The summed E-state index contributed by atoms with van der Waals surface area (Å²) in [6.45, 7) is 0.479. The first-order chi connectivity index (χ1) is 12.6. The Balaban J connectivity index is 1.73. The zero-order chi connectivity index (χ0) is 18.4. The summed E-state index contributed by atoms with van der Waals surface area (Å²) in [6, 6.07) is 10.9. The molecule has 0 bridgehead atoms. The topological polar surface area (TPSA) is 83.9 Å². The van der Waals surface area contributed by atoms with Gasteiger partial charge in [0.1, 0.15) is 11.5 Å². The molecular weight excluding hydrogens is 328 g/mol. The number of nitrogens with zero attached hydrogens (tertiary/aromatic N) is 5. The molecule has 0 aliphatic carbocycles. The Labute approximate surface area is 152 Å². The average Bonchev–Trinajstić information content (AvgIpc) is 2.69. The van der Waals surface area contributed by atoms with E-state index in [9.17, 15) is 4.79 Å². The molecule has 3 rings (SSSR count). The SMILES string of the molecule is CN(C)c1cc(CCNC(=O)c2ccncc2)nc(-c2ccccn2)n1. The van der Waals surface area contributed by atoms with E-state index in [2.05, 4.69) is 25.3 Å². The summed E-state index contributed by atoms with van der Waals surface area (Å²) in [6.07, 6.45) is 5.51. The Bertz CT molecular complexity index is 868. The molecule has 0 radical (unpaired) electrons. The molecule has 3 heterocycles. The molecule has 26 heavy (non-hydrogen) atoms. The van der Waals surface area contributed by atoms with Crippen molar-refractivity contribution >= 4 is 11.7 Å². The highest BCUT2D eigenvalue weighted by Crippen LogP contribution is 2.17. The molecule has 0 aliphatic heterocycles. The number of amides is 1. The number of hydrogen-bond acceptors (Lipinski definition) is 6. The fourth-order valence-corrected chi connectivity index (χ4v) is 2.36. The van der Waals surface area contributed by atoms with E-state index in [0.29, 0.717) is 24.4 Å². The Morgan fingerprint density at radius 3 is 2.58 bits per heavy atom. The highest BCUT2D eigenvalue weighted by molar-refractivity contribution is 5.93. The number of pyridine rings is 2. The van der Waals surface area contributed by atoms with Gasteiger partial charge in [0.25, 0.3) is 5.91 Å². The molecule has 7 heteroatoms. The van der Waals surface area contributed by atoms with Crippen LogP contribution in [0.2, 0.25) is 0 Å². The van der Waals surface area contributed by atoms with Gasteiger partial charge in [0, 0.05) is 63.0 Å². The number of hydrogen-bond donors (Lipinski definition) is 1. The van der Waals surface area contributed by atoms with Crippen LogP contribution in [-0.2, 0) is 6.42 Å². The van der Waals surface area contributed by atoms with Crippen molar-refractivity contribution in [2.75, 3.05) is 25.5 Å². The van der Waals surface area contributed by atoms with Gasteiger partial charge in [-0.2, -0.15) is 0 Å². The molecule has 0 unspecified atom stereocenters. The second kappa shape index (κ2) is 8.15. The minimum Gasteiger partial charge on any atom is -0.363 e. The lowest BCUT2D eigenvalue weighted by Crippen LogP contribution is -2.26. The molecule has 0 saturated carbocycles. The van der Waals surface area contributed by atoms with Gasteiger partial charge in [-0.3, -0.25) is 14.8 Å². The summed E-state index contributed by atoms with van der Waals surface area (Å²) in [4.78, 5) is 31.4. The minimum atomic E-state index is -0.126. The smallest absolute Gasteiger partial charge is 0.251 e. The second-order valence-corrected chi connectivity index (χ2v) is 5.89. The molecule has 0 atom stereocenters. The minimum absolute atomic E-state index is 0.126. The molecule has 0 saturated heterocycles. The standard InChI is InChI=1S/C19H20N6O/c1-25(2)17-13-15(23-18(24-17)16-5-3-4-9-21-16)8-12-22-19(26)14-6-10-20-11-7-14/h3-7,9-11,13H,8,12H2,1-2H3,(H,22,26). The van der Waals surface area contributed by atoms with Gasteiger partial charge in [-0.05, 0) is 24.3 Å². The molecule has 0 aliphatic rings. The number of aromatic nitrogens is 4. The van der Waals surface area contributed by atoms with Crippen molar-refractivity contribution < 1.29 is 4.79 Å². The van der Waals surface area contributed by atoms with Crippen LogP contribution in [0.5, 0.6) is 0 Å². The molecule has 1 N–H and O–H groups in total. The Kier molecular flexibility index (Phi) is 5.48. The van der Waals surface area contributed by atoms with E-state index in [4.69, 9.17) is 0 Å². The average molecular weight is 348 g/mol. The van der Waals surface area contributed by atoms with Crippen LogP contribution in [0.25, 0.3) is 11.5 Å². The predicted molar refractivity (Wildman–Crippen MR) is 99.9 cm³/mol. The summed E-state index contributed by atoms with van der Waals surface area (Å²) in [5.74, 6) is 1.25. The van der Waals surface area contributed by atoms with Crippen molar-refractivity contribution in [3.63, 3.8) is 0 Å². The lowest BCUT2D eigenvalue weighted by molar-refractivity contribution is 0.0954. The number of carbonyl (C=O) groups is 1. The van der Waals surface area contributed by atoms with Crippen molar-refractivity contribution in [2.45, 2.75) is 6.42 Å². The molecule has 1 amide bonds. The van der Waals surface area contributed by atoms with Crippen LogP contribution in [0.15, 0.2) is 55.0 Å². The third-order valence-corrected chi connectivity index (χ3v) is 3.73. The van der Waals surface area contributed by atoms with Crippen LogP contribution in [0.3, 0.4) is 0 Å². The third-order valence-electron chi connectivity index (χ3n) is 3.73. The summed E-state index contributed by atoms with van der Waals surface area (Å²) < 4.78 is 0. The first-order valence-electron chi connectivity index (χ1n) is 8.28. The molecule has 7 nitrogen and oxygen atoms in total. The maximum absolute atomic E-state index is 12.1. The summed E-state index contributed by atoms with van der Waals surface area (Å²) in [7, 11) is 3.86. The first-order valence-corrected chi connectivity index (χ1v) is 8.28. The summed E-state index contributed by atoms with van der Waals surface area (Å²) in [5.41, 5.74) is 2.16. The number of rotatable bonds is 6. The van der Waals surface area contributed by atoms with E-state index in [0.717, 1.165) is 17.2 Å². The zero-order valence-corrected chi connectivity index (χ0v) is 14.8. The molecule has 0 spiro atoms. The van der Waals surface area contributed by atoms with Gasteiger partial charge in [0.2, 0.25) is 0 Å². The summed E-state index contributed by atoms with van der Waals surface area (Å²) >= 11 is 0. The highest BCUT2D eigenvalue weighted by atomic mass is 16.1. The van der Waals surface area contributed by atoms with E-state index in [1.165, 1.54) is 0 Å². The van der Waals surface area contributed by atoms with Crippen molar-refractivity contribution in [3.05, 3.63) is 66.2 Å². The van der Waals surface area contributed by atoms with Crippen LogP contribution in [0.4, 0.5) is 5.82 Å². The monoisotopic (exact) mass is 348 g/mol. The van der Waals surface area contributed by atoms with Crippen molar-refractivity contribution in [1.82, 2.24) is 25.3 Å². The molecule has 132 valence electrons. The lowest BCUT2D eigenvalue weighted by Gasteiger charge is -2.14. The maximum atomic E-state index is 12.1. The van der Waals surface area contributed by atoms with Crippen molar-refractivity contribution in [1.29, 1.82) is 0 Å². The predicted octanol–water partition coefficient (Wildman–Crippen LogP) is 1.97. The fraction of sp³-hybridized carbons (Fsp3) is 0.211. The Morgan fingerprint density at radius 2 is 1.88 bits per heavy atom. The third kappa shape index (κ3) is 4.38. The first kappa shape index (κ1) is 17.5. The van der Waals surface area contributed by atoms with E-state index >= 15 is 0 Å². The van der Waals surface area contributed by atoms with Gasteiger partial charge in [0.15, 0.2) is 5.82 Å². The van der Waals surface area contributed by atoms with Crippen molar-refractivity contribution in [2.24, 2.45) is 0 Å². The number of anilines is 1. The largest absolute Gasteiger partial charge is 0.363 e. The van der Waals surface area contributed by atoms with Gasteiger partial charge in [-0.25, -0.2) is 9.97 Å². The molecule has 3 aromatic heterocycles. The molecule has 3 aromatic rings. The zero-order valence-electron chi connectivity index (χ0n) is 14.8. The van der Waals surface area contributed by atoms with Crippen LogP contribution < -0.4 is 10.2 Å². The Morgan fingerprint density at radius 1 is 1.08 bits per heavy atom. The van der Waals surface area contributed by atoms with Gasteiger partial charge in [-0.15, -0.1) is 0 Å². The number of carbonyl (C=O) groups excluding carboxylic acids is 1. The van der Waals surface area contributed by atoms with Gasteiger partial charge in [0.05, 0.1) is 0 Å². The summed E-state index contributed by atoms with van der Waals surface area (Å²) in [5, 5.41) is 2.90. The van der Waals surface area contributed by atoms with E-state index < -0.39 is 0 Å². The number of nitrogens with one attached hydrogen (secondary N) is 1. The maximum Gasteiger partial charge on any atom is 0.251 e. The highest BCUT2D eigenvalue weighted by Gasteiger charge is 2.10. The van der Waals surface area contributed by atoms with E-state index in [-0.39, 0.29) is 5.91 Å². The lowest BCUT2D eigenvalue weighted by atomic mass is 10.2. The second-order valence-electron chi connectivity index (χ2n) is 5.89.